The number of hydrogen-bond acceptors (Lipinski definition) is 9. The third-order valence-electron chi connectivity index (χ3n) is 3.96. The van der Waals surface area contributed by atoms with Crippen molar-refractivity contribution in [1.82, 2.24) is 9.36 Å². The lowest BCUT2D eigenvalue weighted by atomic mass is 9.83. The lowest BCUT2D eigenvalue weighted by Crippen LogP contribution is -2.15. The fourth-order valence-electron chi connectivity index (χ4n) is 2.63. The van der Waals surface area contributed by atoms with E-state index in [9.17, 15) is 15.0 Å². The summed E-state index contributed by atoms with van der Waals surface area (Å²) in [5.74, 6) is 0.135. The Morgan fingerprint density at radius 3 is 2.63 bits per heavy atom. The highest BCUT2D eigenvalue weighted by Crippen LogP contribution is 2.42. The predicted octanol–water partition coefficient (Wildman–Crippen LogP) is 3.49. The van der Waals surface area contributed by atoms with Gasteiger partial charge in [-0.1, -0.05) is 20.8 Å². The average Bonchev–Trinajstić information content (AvgIpc) is 3.03. The van der Waals surface area contributed by atoms with Crippen LogP contribution in [0.1, 0.15) is 51.1 Å². The first-order chi connectivity index (χ1) is 12.6. The highest BCUT2D eigenvalue weighted by atomic mass is 32.1. The molecule has 8 nitrogen and oxygen atoms in total. The molecule has 0 unspecified atom stereocenters. The maximum absolute atomic E-state index is 11.4. The van der Waals surface area contributed by atoms with Crippen molar-refractivity contribution in [1.29, 1.82) is 0 Å². The van der Waals surface area contributed by atoms with Crippen LogP contribution in [0.2, 0.25) is 0 Å². The van der Waals surface area contributed by atoms with Crippen LogP contribution in [0.15, 0.2) is 6.07 Å². The maximum Gasteiger partial charge on any atom is 0.306 e. The van der Waals surface area contributed by atoms with Crippen LogP contribution in [0.3, 0.4) is 0 Å². The summed E-state index contributed by atoms with van der Waals surface area (Å²) < 4.78 is 9.04. The fourth-order valence-corrected chi connectivity index (χ4v) is 3.19. The topological polar surface area (TPSA) is 117 Å². The highest BCUT2D eigenvalue weighted by Gasteiger charge is 2.23. The monoisotopic (exact) mass is 394 g/mol. The Bertz CT molecular complexity index is 814. The molecule has 0 fully saturated rings. The standard InChI is InChI=1S/C18H26N4O4S/c1-6-26-14(24)8-7-13-19-17(27-22-13)21-20-15-12(23)9-11(18(3,4)5)10(2)16(15)25/h9,20,23,25H,6-8H2,1-5H3,(H,19,21,22). The Balaban J connectivity index is 2.05. The van der Waals surface area contributed by atoms with Crippen molar-refractivity contribution in [2.45, 2.75) is 52.9 Å². The number of carbonyl (C=O) groups is 1. The van der Waals surface area contributed by atoms with Crippen LogP contribution in [-0.4, -0.2) is 32.1 Å². The summed E-state index contributed by atoms with van der Waals surface area (Å²) in [5.41, 5.74) is 7.11. The molecule has 0 saturated heterocycles. The quantitative estimate of drug-likeness (QED) is 0.320. The number of anilines is 2. The van der Waals surface area contributed by atoms with Crippen molar-refractivity contribution in [2.24, 2.45) is 0 Å². The fraction of sp³-hybridized carbons (Fsp3) is 0.500. The Labute approximate surface area is 162 Å². The second-order valence-electron chi connectivity index (χ2n) is 7.11. The Kier molecular flexibility index (Phi) is 6.48. The van der Waals surface area contributed by atoms with Crippen LogP contribution >= 0.6 is 11.5 Å². The van der Waals surface area contributed by atoms with Gasteiger partial charge in [-0.25, -0.2) is 4.98 Å². The van der Waals surface area contributed by atoms with Gasteiger partial charge in [-0.15, -0.1) is 0 Å². The zero-order valence-corrected chi connectivity index (χ0v) is 17.0. The van der Waals surface area contributed by atoms with Crippen molar-refractivity contribution in [3.05, 3.63) is 23.0 Å². The minimum absolute atomic E-state index is 0.0283. The van der Waals surface area contributed by atoms with Gasteiger partial charge in [-0.2, -0.15) is 4.37 Å². The molecular weight excluding hydrogens is 368 g/mol. The maximum atomic E-state index is 11.4. The number of hydrazine groups is 1. The third kappa shape index (κ3) is 5.22. The zero-order chi connectivity index (χ0) is 20.2. The summed E-state index contributed by atoms with van der Waals surface area (Å²) >= 11 is 1.11. The van der Waals surface area contributed by atoms with E-state index in [2.05, 4.69) is 20.2 Å². The molecule has 9 heteroatoms. The number of esters is 1. The van der Waals surface area contributed by atoms with Gasteiger partial charge in [0.15, 0.2) is 0 Å². The van der Waals surface area contributed by atoms with E-state index in [1.165, 1.54) is 0 Å². The molecule has 0 aliphatic heterocycles. The second kappa shape index (κ2) is 8.43. The summed E-state index contributed by atoms with van der Waals surface area (Å²) in [6.07, 6.45) is 0.597. The van der Waals surface area contributed by atoms with Gasteiger partial charge in [-0.05, 0) is 36.5 Å². The number of rotatable bonds is 7. The van der Waals surface area contributed by atoms with E-state index < -0.39 is 0 Å². The number of nitrogens with one attached hydrogen (secondary N) is 2. The number of benzene rings is 1. The van der Waals surface area contributed by atoms with E-state index >= 15 is 0 Å². The van der Waals surface area contributed by atoms with Crippen molar-refractivity contribution in [2.75, 3.05) is 17.5 Å². The van der Waals surface area contributed by atoms with Crippen LogP contribution in [0.25, 0.3) is 0 Å². The molecule has 2 rings (SSSR count). The smallest absolute Gasteiger partial charge is 0.306 e. The van der Waals surface area contributed by atoms with Crippen molar-refractivity contribution in [3.8, 4) is 11.5 Å². The lowest BCUT2D eigenvalue weighted by Gasteiger charge is -2.24. The average molecular weight is 394 g/mol. The molecule has 4 N–H and O–H groups in total. The van der Waals surface area contributed by atoms with Gasteiger partial charge >= 0.3 is 5.97 Å². The summed E-state index contributed by atoms with van der Waals surface area (Å²) in [5, 5.41) is 21.2. The molecule has 148 valence electrons. The van der Waals surface area contributed by atoms with E-state index in [1.807, 2.05) is 20.8 Å². The number of ether oxygens (including phenoxy) is 1. The molecule has 0 bridgehead atoms. The van der Waals surface area contributed by atoms with E-state index in [4.69, 9.17) is 4.74 Å². The van der Waals surface area contributed by atoms with Gasteiger partial charge in [0.05, 0.1) is 13.0 Å². The predicted molar refractivity (Wildman–Crippen MR) is 105 cm³/mol. The SMILES string of the molecule is CCOC(=O)CCc1nsc(NNc2c(O)cc(C(C)(C)C)c(C)c2O)n1. The van der Waals surface area contributed by atoms with Gasteiger partial charge in [0.1, 0.15) is 23.0 Å². The van der Waals surface area contributed by atoms with Crippen LogP contribution in [0.5, 0.6) is 11.5 Å². The second-order valence-corrected chi connectivity index (χ2v) is 7.86. The van der Waals surface area contributed by atoms with Gasteiger partial charge < -0.3 is 14.9 Å². The highest BCUT2D eigenvalue weighted by molar-refractivity contribution is 7.09. The number of aromatic hydroxyl groups is 2. The zero-order valence-electron chi connectivity index (χ0n) is 16.2. The molecule has 27 heavy (non-hydrogen) atoms. The lowest BCUT2D eigenvalue weighted by molar-refractivity contribution is -0.143. The van der Waals surface area contributed by atoms with E-state index in [1.54, 1.807) is 19.9 Å². The van der Waals surface area contributed by atoms with Gasteiger partial charge in [0.25, 0.3) is 0 Å². The van der Waals surface area contributed by atoms with Crippen molar-refractivity contribution >= 4 is 28.3 Å². The number of nitrogens with zero attached hydrogens (tertiary/aromatic N) is 2. The largest absolute Gasteiger partial charge is 0.506 e. The first-order valence-corrected chi connectivity index (χ1v) is 9.47. The van der Waals surface area contributed by atoms with Gasteiger partial charge in [-0.3, -0.25) is 15.6 Å². The van der Waals surface area contributed by atoms with Crippen molar-refractivity contribution < 1.29 is 19.7 Å². The summed E-state index contributed by atoms with van der Waals surface area (Å²) in [7, 11) is 0. The van der Waals surface area contributed by atoms with Crippen LogP contribution in [0, 0.1) is 6.92 Å². The number of carbonyl (C=O) groups excluding carboxylic acids is 1. The molecule has 0 amide bonds. The third-order valence-corrected chi connectivity index (χ3v) is 4.63. The number of aryl methyl sites for hydroxylation is 1. The summed E-state index contributed by atoms with van der Waals surface area (Å²) in [6, 6.07) is 1.64. The molecule has 1 aromatic heterocycles. The van der Waals surface area contributed by atoms with Gasteiger partial charge in [0, 0.05) is 18.0 Å². The first-order valence-electron chi connectivity index (χ1n) is 8.69. The normalized spacial score (nSPS) is 11.3. The molecule has 0 atom stereocenters. The Hall–Kier alpha value is -2.55. The number of phenolic OH excluding ortho intramolecular Hbond substituents is 2. The number of phenols is 2. The summed E-state index contributed by atoms with van der Waals surface area (Å²) in [6.45, 7) is 9.95. The molecular formula is C18H26N4O4S. The van der Waals surface area contributed by atoms with Crippen LogP contribution in [-0.2, 0) is 21.4 Å². The molecule has 0 radical (unpaired) electrons. The van der Waals surface area contributed by atoms with Gasteiger partial charge in [0.2, 0.25) is 5.13 Å². The first kappa shape index (κ1) is 20.8. The molecule has 1 aromatic carbocycles. The molecule has 0 aliphatic carbocycles. The Morgan fingerprint density at radius 1 is 1.30 bits per heavy atom. The minimum atomic E-state index is -0.288. The van der Waals surface area contributed by atoms with E-state index in [0.717, 1.165) is 17.1 Å². The van der Waals surface area contributed by atoms with E-state index in [-0.39, 0.29) is 35.0 Å². The number of aromatic nitrogens is 2. The van der Waals surface area contributed by atoms with Crippen LogP contribution < -0.4 is 10.9 Å². The van der Waals surface area contributed by atoms with Crippen molar-refractivity contribution in [3.63, 3.8) is 0 Å². The minimum Gasteiger partial charge on any atom is -0.506 e. The Morgan fingerprint density at radius 2 is 2.00 bits per heavy atom. The molecule has 0 spiro atoms. The number of hydrogen-bond donors (Lipinski definition) is 4. The molecule has 2 aromatic rings. The molecule has 0 aliphatic rings. The summed E-state index contributed by atoms with van der Waals surface area (Å²) in [4.78, 5) is 15.6. The van der Waals surface area contributed by atoms with E-state index in [0.29, 0.717) is 29.5 Å². The van der Waals surface area contributed by atoms with Crippen LogP contribution in [0.4, 0.5) is 10.8 Å². The molecule has 0 saturated carbocycles. The molecule has 1 heterocycles.